The second kappa shape index (κ2) is 5.04. The molecule has 0 spiro atoms. The van der Waals surface area contributed by atoms with Gasteiger partial charge in [-0.2, -0.15) is 0 Å². The number of rotatable bonds is 2. The van der Waals surface area contributed by atoms with Gasteiger partial charge in [0.1, 0.15) is 5.75 Å². The maximum Gasteiger partial charge on any atom is 0.163 e. The molecule has 1 aliphatic carbocycles. The fraction of sp³-hybridized carbons (Fsp3) is 0.357. The van der Waals surface area contributed by atoms with Gasteiger partial charge in [0, 0.05) is 23.4 Å². The van der Waals surface area contributed by atoms with Gasteiger partial charge in [-0.05, 0) is 43.5 Å². The zero-order chi connectivity index (χ0) is 12.3. The summed E-state index contributed by atoms with van der Waals surface area (Å²) in [6, 6.07) is 6.80. The number of phenolic OH excluding ortho intramolecular Hbond substituents is 1. The molecule has 0 radical (unpaired) electrons. The van der Waals surface area contributed by atoms with Gasteiger partial charge in [-0.1, -0.05) is 6.92 Å². The van der Waals surface area contributed by atoms with Crippen molar-refractivity contribution < 1.29 is 9.90 Å². The van der Waals surface area contributed by atoms with E-state index in [9.17, 15) is 4.79 Å². The topological polar surface area (TPSA) is 49.3 Å². The number of hydrogen-bond acceptors (Lipinski definition) is 3. The number of hydrogen-bond donors (Lipinski definition) is 2. The lowest BCUT2D eigenvalue weighted by Gasteiger charge is -2.19. The van der Waals surface area contributed by atoms with Gasteiger partial charge in [0.2, 0.25) is 0 Å². The third kappa shape index (κ3) is 2.87. The van der Waals surface area contributed by atoms with Crippen LogP contribution in [-0.4, -0.2) is 10.9 Å². The number of allylic oxidation sites excluding steroid dienone is 1. The molecule has 0 heterocycles. The lowest BCUT2D eigenvalue weighted by atomic mass is 9.86. The molecule has 1 saturated carbocycles. The summed E-state index contributed by atoms with van der Waals surface area (Å²) < 4.78 is 0. The molecule has 0 amide bonds. The summed E-state index contributed by atoms with van der Waals surface area (Å²) in [6.07, 6.45) is 4.73. The van der Waals surface area contributed by atoms with Crippen LogP contribution in [0.4, 0.5) is 5.69 Å². The fourth-order valence-corrected chi connectivity index (χ4v) is 2.04. The minimum Gasteiger partial charge on any atom is -0.508 e. The third-order valence-corrected chi connectivity index (χ3v) is 3.13. The van der Waals surface area contributed by atoms with Crippen molar-refractivity contribution in [3.8, 4) is 5.75 Å². The Morgan fingerprint density at radius 1 is 1.35 bits per heavy atom. The van der Waals surface area contributed by atoms with Crippen molar-refractivity contribution in [2.24, 2.45) is 5.92 Å². The maximum absolute atomic E-state index is 11.9. The quantitative estimate of drug-likeness (QED) is 0.607. The Morgan fingerprint density at radius 3 is 2.76 bits per heavy atom. The number of carbonyl (C=O) groups excluding carboxylic acids is 1. The van der Waals surface area contributed by atoms with Crippen LogP contribution < -0.4 is 5.32 Å². The van der Waals surface area contributed by atoms with Gasteiger partial charge >= 0.3 is 0 Å². The number of ketones is 1. The zero-order valence-corrected chi connectivity index (χ0v) is 9.94. The SMILES string of the molecule is C[C@@H]1CCC/C(=C/Nc2ccc(O)cc2)C1=O. The van der Waals surface area contributed by atoms with E-state index in [2.05, 4.69) is 5.32 Å². The highest BCUT2D eigenvalue weighted by atomic mass is 16.3. The first kappa shape index (κ1) is 11.7. The molecule has 0 unspecified atom stereocenters. The van der Waals surface area contributed by atoms with E-state index in [1.165, 1.54) is 0 Å². The summed E-state index contributed by atoms with van der Waals surface area (Å²) in [6.45, 7) is 1.98. The van der Waals surface area contributed by atoms with Gasteiger partial charge in [-0.3, -0.25) is 4.79 Å². The highest BCUT2D eigenvalue weighted by molar-refractivity contribution is 5.97. The molecule has 1 aromatic rings. The monoisotopic (exact) mass is 231 g/mol. The first-order chi connectivity index (χ1) is 8.16. The van der Waals surface area contributed by atoms with E-state index in [0.717, 1.165) is 30.5 Å². The van der Waals surface area contributed by atoms with Gasteiger partial charge in [-0.15, -0.1) is 0 Å². The summed E-state index contributed by atoms with van der Waals surface area (Å²) in [7, 11) is 0. The van der Waals surface area contributed by atoms with Gasteiger partial charge in [0.15, 0.2) is 5.78 Å². The average molecular weight is 231 g/mol. The summed E-state index contributed by atoms with van der Waals surface area (Å²) in [4.78, 5) is 11.9. The number of Topliss-reactive ketones (excluding diaryl/α,β-unsaturated/α-hetero) is 1. The molecule has 90 valence electrons. The van der Waals surface area contributed by atoms with Crippen molar-refractivity contribution in [2.75, 3.05) is 5.32 Å². The van der Waals surface area contributed by atoms with E-state index in [0.29, 0.717) is 0 Å². The van der Waals surface area contributed by atoms with Gasteiger partial charge in [0.05, 0.1) is 0 Å². The molecule has 2 rings (SSSR count). The van der Waals surface area contributed by atoms with Crippen molar-refractivity contribution in [3.63, 3.8) is 0 Å². The predicted molar refractivity (Wildman–Crippen MR) is 67.8 cm³/mol. The number of benzene rings is 1. The number of carbonyl (C=O) groups is 1. The Kier molecular flexibility index (Phi) is 3.47. The Labute approximate surface area is 101 Å². The minimum atomic E-state index is 0.150. The standard InChI is InChI=1S/C14H17NO2/c1-10-3-2-4-11(14(10)17)9-15-12-5-7-13(16)8-6-12/h5-10,15-16H,2-4H2,1H3/b11-9-/t10-/m1/s1. The summed E-state index contributed by atoms with van der Waals surface area (Å²) in [5.41, 5.74) is 1.75. The van der Waals surface area contributed by atoms with E-state index in [-0.39, 0.29) is 17.5 Å². The lowest BCUT2D eigenvalue weighted by molar-refractivity contribution is -0.119. The molecule has 0 aliphatic heterocycles. The number of nitrogens with one attached hydrogen (secondary N) is 1. The molecule has 2 N–H and O–H groups in total. The predicted octanol–water partition coefficient (Wildman–Crippen LogP) is 3.08. The molecular weight excluding hydrogens is 214 g/mol. The van der Waals surface area contributed by atoms with Crippen LogP contribution in [0, 0.1) is 5.92 Å². The van der Waals surface area contributed by atoms with Crippen molar-refractivity contribution in [1.82, 2.24) is 0 Å². The van der Waals surface area contributed by atoms with E-state index >= 15 is 0 Å². The smallest absolute Gasteiger partial charge is 0.163 e. The Morgan fingerprint density at radius 2 is 2.06 bits per heavy atom. The lowest BCUT2D eigenvalue weighted by Crippen LogP contribution is -2.19. The minimum absolute atomic E-state index is 0.150. The average Bonchev–Trinajstić information content (AvgIpc) is 2.33. The Balaban J connectivity index is 2.04. The van der Waals surface area contributed by atoms with Gasteiger partial charge in [-0.25, -0.2) is 0 Å². The van der Waals surface area contributed by atoms with E-state index in [1.807, 2.05) is 6.92 Å². The van der Waals surface area contributed by atoms with E-state index in [4.69, 9.17) is 5.11 Å². The summed E-state index contributed by atoms with van der Waals surface area (Å²) >= 11 is 0. The van der Waals surface area contributed by atoms with Crippen LogP contribution in [0.15, 0.2) is 36.0 Å². The number of anilines is 1. The van der Waals surface area contributed by atoms with Crippen LogP contribution in [0.1, 0.15) is 26.2 Å². The first-order valence-corrected chi connectivity index (χ1v) is 5.95. The van der Waals surface area contributed by atoms with E-state index in [1.54, 1.807) is 30.5 Å². The van der Waals surface area contributed by atoms with Crippen LogP contribution in [0.5, 0.6) is 5.75 Å². The normalized spacial score (nSPS) is 22.8. The number of phenols is 1. The molecule has 3 nitrogen and oxygen atoms in total. The maximum atomic E-state index is 11.9. The molecule has 17 heavy (non-hydrogen) atoms. The molecule has 1 aromatic carbocycles. The first-order valence-electron chi connectivity index (χ1n) is 5.95. The van der Waals surface area contributed by atoms with Crippen molar-refractivity contribution in [3.05, 3.63) is 36.0 Å². The van der Waals surface area contributed by atoms with Gasteiger partial charge < -0.3 is 10.4 Å². The molecule has 0 aromatic heterocycles. The molecule has 0 saturated heterocycles. The molecule has 3 heteroatoms. The second-order valence-electron chi connectivity index (χ2n) is 4.52. The molecule has 1 aliphatic rings. The van der Waals surface area contributed by atoms with Crippen molar-refractivity contribution in [2.45, 2.75) is 26.2 Å². The summed E-state index contributed by atoms with van der Waals surface area (Å²) in [5.74, 6) is 0.643. The number of aromatic hydroxyl groups is 1. The van der Waals surface area contributed by atoms with Crippen LogP contribution in [0.3, 0.4) is 0 Å². The highest BCUT2D eigenvalue weighted by Crippen LogP contribution is 2.25. The van der Waals surface area contributed by atoms with E-state index < -0.39 is 0 Å². The second-order valence-corrected chi connectivity index (χ2v) is 4.52. The largest absolute Gasteiger partial charge is 0.508 e. The van der Waals surface area contributed by atoms with Crippen LogP contribution >= 0.6 is 0 Å². The van der Waals surface area contributed by atoms with Crippen molar-refractivity contribution in [1.29, 1.82) is 0 Å². The molecule has 0 bridgehead atoms. The van der Waals surface area contributed by atoms with Crippen LogP contribution in [-0.2, 0) is 4.79 Å². The Bertz CT molecular complexity index is 434. The van der Waals surface area contributed by atoms with Crippen molar-refractivity contribution >= 4 is 11.5 Å². The van der Waals surface area contributed by atoms with Crippen LogP contribution in [0.25, 0.3) is 0 Å². The third-order valence-electron chi connectivity index (χ3n) is 3.13. The van der Waals surface area contributed by atoms with Gasteiger partial charge in [0.25, 0.3) is 0 Å². The summed E-state index contributed by atoms with van der Waals surface area (Å²) in [5, 5.41) is 12.3. The molecular formula is C14H17NO2. The Hall–Kier alpha value is -1.77. The fourth-order valence-electron chi connectivity index (χ4n) is 2.04. The zero-order valence-electron chi connectivity index (χ0n) is 9.94. The molecule has 1 atom stereocenters. The van der Waals surface area contributed by atoms with Crippen LogP contribution in [0.2, 0.25) is 0 Å². The highest BCUT2D eigenvalue weighted by Gasteiger charge is 2.22. The molecule has 1 fully saturated rings.